The quantitative estimate of drug-likeness (QED) is 0.835. The third kappa shape index (κ3) is 4.12. The van der Waals surface area contributed by atoms with Crippen LogP contribution in [0.25, 0.3) is 11.4 Å². The van der Waals surface area contributed by atoms with E-state index in [0.717, 1.165) is 24.9 Å². The zero-order chi connectivity index (χ0) is 16.2. The Balaban J connectivity index is 0.00000208. The van der Waals surface area contributed by atoms with Crippen LogP contribution >= 0.6 is 24.0 Å². The van der Waals surface area contributed by atoms with Gasteiger partial charge in [0.2, 0.25) is 11.7 Å². The molecule has 2 heterocycles. The van der Waals surface area contributed by atoms with Gasteiger partial charge in [-0.3, -0.25) is 0 Å². The lowest BCUT2D eigenvalue weighted by Gasteiger charge is -2.10. The van der Waals surface area contributed by atoms with Gasteiger partial charge >= 0.3 is 0 Å². The summed E-state index contributed by atoms with van der Waals surface area (Å²) < 4.78 is 15.9. The van der Waals surface area contributed by atoms with Crippen LogP contribution in [-0.2, 0) is 6.42 Å². The van der Waals surface area contributed by atoms with E-state index in [1.165, 1.54) is 12.8 Å². The minimum absolute atomic E-state index is 0. The van der Waals surface area contributed by atoms with Gasteiger partial charge in [0.05, 0.1) is 19.2 Å². The van der Waals surface area contributed by atoms with Crippen molar-refractivity contribution in [3.63, 3.8) is 0 Å². The Hall–Kier alpha value is -1.50. The van der Waals surface area contributed by atoms with Crippen molar-refractivity contribution in [2.75, 3.05) is 20.8 Å². The SMILES string of the molecule is COc1cc(-c2noc(CCC3CCCN3)n2)cc(Cl)c1OC.Cl. The van der Waals surface area contributed by atoms with Gasteiger partial charge in [-0.2, -0.15) is 4.98 Å². The average Bonchev–Trinajstić information content (AvgIpc) is 3.23. The van der Waals surface area contributed by atoms with Crippen LogP contribution in [0.15, 0.2) is 16.7 Å². The van der Waals surface area contributed by atoms with Crippen molar-refractivity contribution in [3.8, 4) is 22.9 Å². The van der Waals surface area contributed by atoms with Crippen LogP contribution in [-0.4, -0.2) is 36.9 Å². The first kappa shape index (κ1) is 18.8. The molecule has 1 aliphatic heterocycles. The van der Waals surface area contributed by atoms with E-state index < -0.39 is 0 Å². The number of nitrogens with zero attached hydrogens (tertiary/aromatic N) is 2. The van der Waals surface area contributed by atoms with Crippen LogP contribution in [0.1, 0.15) is 25.2 Å². The van der Waals surface area contributed by atoms with Crippen LogP contribution in [0.5, 0.6) is 11.5 Å². The Kier molecular flexibility index (Phi) is 6.71. The highest BCUT2D eigenvalue weighted by Gasteiger charge is 2.18. The molecule has 8 heteroatoms. The van der Waals surface area contributed by atoms with Gasteiger partial charge in [-0.15, -0.1) is 12.4 Å². The van der Waals surface area contributed by atoms with Crippen LogP contribution in [0.4, 0.5) is 0 Å². The molecule has 0 saturated carbocycles. The summed E-state index contributed by atoms with van der Waals surface area (Å²) in [6.45, 7) is 1.10. The van der Waals surface area contributed by atoms with Gasteiger partial charge in [-0.1, -0.05) is 16.8 Å². The van der Waals surface area contributed by atoms with Crippen LogP contribution in [0, 0.1) is 0 Å². The van der Waals surface area contributed by atoms with Crippen LogP contribution in [0.3, 0.4) is 0 Å². The number of nitrogens with one attached hydrogen (secondary N) is 1. The van der Waals surface area contributed by atoms with E-state index >= 15 is 0 Å². The predicted octanol–water partition coefficient (Wildman–Crippen LogP) is 3.51. The van der Waals surface area contributed by atoms with Crippen molar-refractivity contribution in [1.82, 2.24) is 15.5 Å². The number of ether oxygens (including phenoxy) is 2. The largest absolute Gasteiger partial charge is 0.493 e. The fourth-order valence-electron chi connectivity index (χ4n) is 2.82. The lowest BCUT2D eigenvalue weighted by atomic mass is 10.1. The minimum Gasteiger partial charge on any atom is -0.493 e. The van der Waals surface area contributed by atoms with Crippen molar-refractivity contribution in [1.29, 1.82) is 0 Å². The van der Waals surface area contributed by atoms with Crippen molar-refractivity contribution >= 4 is 24.0 Å². The molecule has 1 aliphatic rings. The Labute approximate surface area is 152 Å². The molecule has 3 rings (SSSR count). The molecule has 0 amide bonds. The standard InChI is InChI=1S/C16H20ClN3O3.ClH/c1-21-13-9-10(8-12(17)15(13)22-2)16-19-14(23-20-16)6-5-11-4-3-7-18-11;/h8-9,11,18H,3-7H2,1-2H3;1H. The maximum Gasteiger partial charge on any atom is 0.227 e. The topological polar surface area (TPSA) is 69.4 Å². The fraction of sp³-hybridized carbons (Fsp3) is 0.500. The number of hydrogen-bond donors (Lipinski definition) is 1. The molecule has 1 aromatic heterocycles. The molecule has 132 valence electrons. The van der Waals surface area contributed by atoms with Gasteiger partial charge in [-0.25, -0.2) is 0 Å². The van der Waals surface area contributed by atoms with Crippen LogP contribution in [0.2, 0.25) is 5.02 Å². The fourth-order valence-corrected chi connectivity index (χ4v) is 3.11. The van der Waals surface area contributed by atoms with E-state index in [0.29, 0.717) is 34.3 Å². The molecule has 1 fully saturated rings. The molecule has 0 radical (unpaired) electrons. The first-order valence-corrected chi connectivity index (χ1v) is 8.07. The monoisotopic (exact) mass is 373 g/mol. The molecule has 1 unspecified atom stereocenters. The Morgan fingerprint density at radius 3 is 2.83 bits per heavy atom. The van der Waals surface area contributed by atoms with Gasteiger partial charge in [-0.05, 0) is 37.9 Å². The number of methoxy groups -OCH3 is 2. The summed E-state index contributed by atoms with van der Waals surface area (Å²) in [5.74, 6) is 2.17. The number of hydrogen-bond acceptors (Lipinski definition) is 6. The molecule has 6 nitrogen and oxygen atoms in total. The lowest BCUT2D eigenvalue weighted by Crippen LogP contribution is -2.21. The summed E-state index contributed by atoms with van der Waals surface area (Å²) in [5, 5.41) is 7.95. The first-order chi connectivity index (χ1) is 11.2. The number of aryl methyl sites for hydroxylation is 1. The Bertz CT molecular complexity index is 673. The third-order valence-corrected chi connectivity index (χ3v) is 4.31. The molecular weight excluding hydrogens is 353 g/mol. The van der Waals surface area contributed by atoms with Gasteiger partial charge in [0.15, 0.2) is 11.5 Å². The highest BCUT2D eigenvalue weighted by molar-refractivity contribution is 6.32. The second-order valence-corrected chi connectivity index (χ2v) is 5.94. The predicted molar refractivity (Wildman–Crippen MR) is 94.4 cm³/mol. The van der Waals surface area contributed by atoms with E-state index in [1.54, 1.807) is 26.4 Å². The van der Waals surface area contributed by atoms with Crippen molar-refractivity contribution in [2.24, 2.45) is 0 Å². The third-order valence-electron chi connectivity index (χ3n) is 4.03. The molecule has 1 saturated heterocycles. The molecular formula is C16H21Cl2N3O3. The van der Waals surface area contributed by atoms with E-state index in [-0.39, 0.29) is 12.4 Å². The number of halogens is 2. The molecule has 0 spiro atoms. The first-order valence-electron chi connectivity index (χ1n) is 7.69. The summed E-state index contributed by atoms with van der Waals surface area (Å²) in [4.78, 5) is 4.45. The Morgan fingerprint density at radius 2 is 2.17 bits per heavy atom. The summed E-state index contributed by atoms with van der Waals surface area (Å²) in [5.41, 5.74) is 0.738. The van der Waals surface area contributed by atoms with Gasteiger partial charge in [0.25, 0.3) is 0 Å². The minimum atomic E-state index is 0. The average molecular weight is 374 g/mol. The zero-order valence-electron chi connectivity index (χ0n) is 13.7. The van der Waals surface area contributed by atoms with E-state index in [9.17, 15) is 0 Å². The van der Waals surface area contributed by atoms with E-state index in [1.807, 2.05) is 0 Å². The van der Waals surface area contributed by atoms with Crippen molar-refractivity contribution in [2.45, 2.75) is 31.7 Å². The van der Waals surface area contributed by atoms with Gasteiger partial charge < -0.3 is 19.3 Å². The molecule has 1 aromatic carbocycles. The molecule has 1 atom stereocenters. The van der Waals surface area contributed by atoms with Gasteiger partial charge in [0.1, 0.15) is 0 Å². The summed E-state index contributed by atoms with van der Waals surface area (Å²) in [6.07, 6.45) is 4.23. The maximum absolute atomic E-state index is 6.22. The highest BCUT2D eigenvalue weighted by Crippen LogP contribution is 2.38. The Morgan fingerprint density at radius 1 is 1.33 bits per heavy atom. The zero-order valence-corrected chi connectivity index (χ0v) is 15.2. The van der Waals surface area contributed by atoms with Crippen molar-refractivity contribution in [3.05, 3.63) is 23.0 Å². The number of benzene rings is 1. The summed E-state index contributed by atoms with van der Waals surface area (Å²) in [6, 6.07) is 4.09. The summed E-state index contributed by atoms with van der Waals surface area (Å²) in [7, 11) is 3.11. The van der Waals surface area contributed by atoms with E-state index in [4.69, 9.17) is 25.6 Å². The highest BCUT2D eigenvalue weighted by atomic mass is 35.5. The lowest BCUT2D eigenvalue weighted by molar-refractivity contribution is 0.355. The summed E-state index contributed by atoms with van der Waals surface area (Å²) >= 11 is 6.22. The maximum atomic E-state index is 6.22. The normalized spacial score (nSPS) is 16.7. The number of aromatic nitrogens is 2. The molecule has 1 N–H and O–H groups in total. The molecule has 2 aromatic rings. The second-order valence-electron chi connectivity index (χ2n) is 5.54. The molecule has 0 aliphatic carbocycles. The van der Waals surface area contributed by atoms with Gasteiger partial charge in [0, 0.05) is 18.0 Å². The second kappa shape index (κ2) is 8.55. The molecule has 24 heavy (non-hydrogen) atoms. The molecule has 0 bridgehead atoms. The smallest absolute Gasteiger partial charge is 0.227 e. The van der Waals surface area contributed by atoms with Crippen molar-refractivity contribution < 1.29 is 14.0 Å². The number of rotatable bonds is 6. The van der Waals surface area contributed by atoms with Crippen LogP contribution < -0.4 is 14.8 Å². The van der Waals surface area contributed by atoms with E-state index in [2.05, 4.69) is 15.5 Å².